The normalized spacial score (nSPS) is 17.2. The minimum Gasteiger partial charge on any atom is -0.396 e. The highest BCUT2D eigenvalue weighted by atomic mass is 16.3. The van der Waals surface area contributed by atoms with Crippen LogP contribution in [-0.4, -0.2) is 21.5 Å². The molecule has 1 aliphatic rings. The van der Waals surface area contributed by atoms with E-state index in [1.807, 2.05) is 12.1 Å². The van der Waals surface area contributed by atoms with Gasteiger partial charge in [0.25, 0.3) is 0 Å². The van der Waals surface area contributed by atoms with Crippen molar-refractivity contribution in [2.45, 2.75) is 51.0 Å². The number of hydrogen-bond acceptors (Lipinski definition) is 2. The Morgan fingerprint density at radius 1 is 1.24 bits per heavy atom. The van der Waals surface area contributed by atoms with Gasteiger partial charge in [-0.25, -0.2) is 0 Å². The molecule has 0 amide bonds. The molecule has 0 spiro atoms. The summed E-state index contributed by atoms with van der Waals surface area (Å²) in [5.74, 6) is 0.137. The van der Waals surface area contributed by atoms with E-state index >= 15 is 0 Å². The zero-order chi connectivity index (χ0) is 14.7. The number of hydrogen-bond donors (Lipinski definition) is 1. The molecule has 1 saturated carbocycles. The molecule has 0 aliphatic heterocycles. The minimum atomic E-state index is 0.137. The lowest BCUT2D eigenvalue weighted by molar-refractivity contribution is 0.263. The van der Waals surface area contributed by atoms with Crippen molar-refractivity contribution in [3.63, 3.8) is 0 Å². The molecule has 3 nitrogen and oxygen atoms in total. The van der Waals surface area contributed by atoms with Crippen molar-refractivity contribution in [3.8, 4) is 0 Å². The SMILES string of the molecule is Cc1ccccc1C(CO)Cc1ccn(C2CCCC2)n1. The number of rotatable bonds is 5. The summed E-state index contributed by atoms with van der Waals surface area (Å²) in [7, 11) is 0. The lowest BCUT2D eigenvalue weighted by Gasteiger charge is -2.16. The number of aliphatic hydroxyl groups excluding tert-OH is 1. The van der Waals surface area contributed by atoms with Crippen molar-refractivity contribution in [2.24, 2.45) is 0 Å². The number of aromatic nitrogens is 2. The first-order valence-corrected chi connectivity index (χ1v) is 7.98. The molecule has 0 saturated heterocycles. The molecule has 1 aliphatic carbocycles. The number of aliphatic hydroxyl groups is 1. The zero-order valence-corrected chi connectivity index (χ0v) is 12.7. The minimum absolute atomic E-state index is 0.137. The van der Waals surface area contributed by atoms with Crippen molar-refractivity contribution >= 4 is 0 Å². The molecule has 3 rings (SSSR count). The third-order valence-electron chi connectivity index (χ3n) is 4.67. The van der Waals surface area contributed by atoms with Gasteiger partial charge in [0, 0.05) is 18.5 Å². The maximum absolute atomic E-state index is 9.75. The zero-order valence-electron chi connectivity index (χ0n) is 12.7. The molecule has 21 heavy (non-hydrogen) atoms. The number of aryl methyl sites for hydroxylation is 1. The Bertz CT molecular complexity index is 584. The van der Waals surface area contributed by atoms with Gasteiger partial charge in [0.1, 0.15) is 0 Å². The molecule has 0 radical (unpaired) electrons. The first kappa shape index (κ1) is 14.3. The molecule has 1 heterocycles. The summed E-state index contributed by atoms with van der Waals surface area (Å²) in [6.07, 6.45) is 8.06. The maximum atomic E-state index is 9.75. The van der Waals surface area contributed by atoms with E-state index in [1.54, 1.807) is 0 Å². The molecule has 1 atom stereocenters. The molecule has 3 heteroatoms. The Morgan fingerprint density at radius 2 is 2.00 bits per heavy atom. The summed E-state index contributed by atoms with van der Waals surface area (Å²) in [5, 5.41) is 14.5. The Hall–Kier alpha value is -1.61. The topological polar surface area (TPSA) is 38.0 Å². The summed E-state index contributed by atoms with van der Waals surface area (Å²) >= 11 is 0. The predicted octanol–water partition coefficient (Wildman–Crippen LogP) is 3.63. The largest absolute Gasteiger partial charge is 0.396 e. The summed E-state index contributed by atoms with van der Waals surface area (Å²) < 4.78 is 2.13. The molecular formula is C18H24N2O. The van der Waals surface area contributed by atoms with Crippen LogP contribution in [-0.2, 0) is 6.42 Å². The van der Waals surface area contributed by atoms with Gasteiger partial charge < -0.3 is 5.11 Å². The second-order valence-corrected chi connectivity index (χ2v) is 6.17. The van der Waals surface area contributed by atoms with E-state index in [9.17, 15) is 5.11 Å². The van der Waals surface area contributed by atoms with Gasteiger partial charge in [0.15, 0.2) is 0 Å². The molecule has 1 unspecified atom stereocenters. The van der Waals surface area contributed by atoms with Crippen molar-refractivity contribution in [3.05, 3.63) is 53.3 Å². The van der Waals surface area contributed by atoms with Crippen LogP contribution in [0.2, 0.25) is 0 Å². The van der Waals surface area contributed by atoms with E-state index < -0.39 is 0 Å². The summed E-state index contributed by atoms with van der Waals surface area (Å²) in [6.45, 7) is 2.27. The average molecular weight is 284 g/mol. The van der Waals surface area contributed by atoms with Crippen LogP contribution in [0.5, 0.6) is 0 Å². The fourth-order valence-electron chi connectivity index (χ4n) is 3.43. The quantitative estimate of drug-likeness (QED) is 0.910. The van der Waals surface area contributed by atoms with Crippen molar-refractivity contribution < 1.29 is 5.11 Å². The molecule has 1 fully saturated rings. The van der Waals surface area contributed by atoms with Gasteiger partial charge in [-0.15, -0.1) is 0 Å². The van der Waals surface area contributed by atoms with Crippen LogP contribution in [0, 0.1) is 6.92 Å². The monoisotopic (exact) mass is 284 g/mol. The van der Waals surface area contributed by atoms with Gasteiger partial charge in [-0.2, -0.15) is 5.10 Å². The number of nitrogens with zero attached hydrogens (tertiary/aromatic N) is 2. The highest BCUT2D eigenvalue weighted by Crippen LogP contribution is 2.29. The Morgan fingerprint density at radius 3 is 2.71 bits per heavy atom. The second-order valence-electron chi connectivity index (χ2n) is 6.17. The van der Waals surface area contributed by atoms with E-state index in [4.69, 9.17) is 5.10 Å². The highest BCUT2D eigenvalue weighted by molar-refractivity contribution is 5.30. The van der Waals surface area contributed by atoms with Gasteiger partial charge in [0.2, 0.25) is 0 Å². The van der Waals surface area contributed by atoms with E-state index in [2.05, 4.69) is 36.0 Å². The Kier molecular flexibility index (Phi) is 4.39. The third-order valence-corrected chi connectivity index (χ3v) is 4.67. The second kappa shape index (κ2) is 6.44. The van der Waals surface area contributed by atoms with Crippen LogP contribution >= 0.6 is 0 Å². The molecule has 1 aromatic heterocycles. The first-order valence-electron chi connectivity index (χ1n) is 7.98. The lowest BCUT2D eigenvalue weighted by Crippen LogP contribution is -2.11. The molecule has 1 aromatic carbocycles. The summed E-state index contributed by atoms with van der Waals surface area (Å²) in [6, 6.07) is 11.0. The van der Waals surface area contributed by atoms with Gasteiger partial charge in [-0.1, -0.05) is 37.1 Å². The van der Waals surface area contributed by atoms with Crippen LogP contribution in [0.25, 0.3) is 0 Å². The van der Waals surface area contributed by atoms with Gasteiger partial charge in [0.05, 0.1) is 18.3 Å². The molecular weight excluding hydrogens is 260 g/mol. The van der Waals surface area contributed by atoms with Crippen LogP contribution in [0.1, 0.15) is 54.5 Å². The first-order chi connectivity index (χ1) is 10.3. The van der Waals surface area contributed by atoms with E-state index in [0.717, 1.165) is 12.1 Å². The molecule has 1 N–H and O–H groups in total. The van der Waals surface area contributed by atoms with Crippen LogP contribution in [0.4, 0.5) is 0 Å². The fraction of sp³-hybridized carbons (Fsp3) is 0.500. The van der Waals surface area contributed by atoms with Gasteiger partial charge in [-0.05, 0) is 37.0 Å². The van der Waals surface area contributed by atoms with E-state index in [-0.39, 0.29) is 12.5 Å². The highest BCUT2D eigenvalue weighted by Gasteiger charge is 2.19. The van der Waals surface area contributed by atoms with Gasteiger partial charge in [-0.3, -0.25) is 4.68 Å². The van der Waals surface area contributed by atoms with Crippen LogP contribution in [0.15, 0.2) is 36.5 Å². The van der Waals surface area contributed by atoms with Crippen molar-refractivity contribution in [2.75, 3.05) is 6.61 Å². The smallest absolute Gasteiger partial charge is 0.0631 e. The molecule has 112 valence electrons. The van der Waals surface area contributed by atoms with Crippen LogP contribution < -0.4 is 0 Å². The van der Waals surface area contributed by atoms with Crippen molar-refractivity contribution in [1.29, 1.82) is 0 Å². The van der Waals surface area contributed by atoms with Crippen molar-refractivity contribution in [1.82, 2.24) is 9.78 Å². The third kappa shape index (κ3) is 3.18. The summed E-state index contributed by atoms with van der Waals surface area (Å²) in [4.78, 5) is 0. The Balaban J connectivity index is 1.74. The average Bonchev–Trinajstić information content (AvgIpc) is 3.16. The van der Waals surface area contributed by atoms with E-state index in [1.165, 1.54) is 36.8 Å². The Labute approximate surface area is 126 Å². The standard InChI is InChI=1S/C18H24N2O/c1-14-6-2-5-9-18(14)15(13-21)12-16-10-11-20(19-16)17-7-3-4-8-17/h2,5-6,9-11,15,17,21H,3-4,7-8,12-13H2,1H3. The molecule has 2 aromatic rings. The lowest BCUT2D eigenvalue weighted by atomic mass is 9.92. The van der Waals surface area contributed by atoms with Gasteiger partial charge >= 0.3 is 0 Å². The van der Waals surface area contributed by atoms with Crippen LogP contribution in [0.3, 0.4) is 0 Å². The van der Waals surface area contributed by atoms with E-state index in [0.29, 0.717) is 6.04 Å². The molecule has 0 bridgehead atoms. The predicted molar refractivity (Wildman–Crippen MR) is 84.4 cm³/mol. The summed E-state index contributed by atoms with van der Waals surface area (Å²) in [5.41, 5.74) is 3.56. The fourth-order valence-corrected chi connectivity index (χ4v) is 3.43. The number of benzene rings is 1. The maximum Gasteiger partial charge on any atom is 0.0631 e.